The molecule has 0 aliphatic carbocycles. The number of amides is 1. The van der Waals surface area contributed by atoms with Crippen LogP contribution in [0.1, 0.15) is 89.0 Å². The Morgan fingerprint density at radius 2 is 1.74 bits per heavy atom. The third-order valence-electron chi connectivity index (χ3n) is 8.43. The van der Waals surface area contributed by atoms with E-state index in [4.69, 9.17) is 4.74 Å². The maximum atomic E-state index is 12.5. The van der Waals surface area contributed by atoms with Crippen LogP contribution in [-0.4, -0.2) is 64.8 Å². The van der Waals surface area contributed by atoms with Crippen molar-refractivity contribution in [3.8, 4) is 0 Å². The number of hydrogen-bond donors (Lipinski definition) is 1. The maximum Gasteiger partial charge on any atom is 0.410 e. The fourth-order valence-corrected chi connectivity index (χ4v) is 6.27. The molecule has 2 saturated heterocycles. The van der Waals surface area contributed by atoms with E-state index in [9.17, 15) is 9.90 Å². The van der Waals surface area contributed by atoms with Crippen LogP contribution >= 0.6 is 0 Å². The number of ether oxygens (including phenoxy) is 1. The third-order valence-corrected chi connectivity index (χ3v) is 8.43. The summed E-state index contributed by atoms with van der Waals surface area (Å²) < 4.78 is 5.54. The first-order valence-electron chi connectivity index (χ1n) is 14.2. The van der Waals surface area contributed by atoms with Gasteiger partial charge in [-0.25, -0.2) is 4.79 Å². The summed E-state index contributed by atoms with van der Waals surface area (Å²) in [6.45, 7) is 15.4. The van der Waals surface area contributed by atoms with Gasteiger partial charge < -0.3 is 19.6 Å². The molecule has 1 aromatic carbocycles. The molecule has 208 valence electrons. The minimum Gasteiger partial charge on any atom is -0.444 e. The Kier molecular flexibility index (Phi) is 8.25. The molecule has 3 heterocycles. The van der Waals surface area contributed by atoms with Crippen molar-refractivity contribution in [2.45, 2.75) is 84.3 Å². The number of likely N-dealkylation sites (tertiary alicyclic amines) is 2. The number of pyridine rings is 1. The van der Waals surface area contributed by atoms with Gasteiger partial charge in [0.2, 0.25) is 0 Å². The Bertz CT molecular complexity index is 1090. The van der Waals surface area contributed by atoms with Crippen LogP contribution in [-0.2, 0) is 16.8 Å². The number of hydrogen-bond acceptors (Lipinski definition) is 5. The van der Waals surface area contributed by atoms with Crippen LogP contribution in [0.15, 0.2) is 42.7 Å². The highest BCUT2D eigenvalue weighted by molar-refractivity contribution is 5.68. The number of carbonyl (C=O) groups excluding carboxylic acids is 1. The highest BCUT2D eigenvalue weighted by Crippen LogP contribution is 2.50. The maximum absolute atomic E-state index is 12.5. The Labute approximate surface area is 229 Å². The van der Waals surface area contributed by atoms with Crippen molar-refractivity contribution in [2.75, 3.05) is 33.2 Å². The van der Waals surface area contributed by atoms with Gasteiger partial charge in [0.15, 0.2) is 0 Å². The van der Waals surface area contributed by atoms with Crippen molar-refractivity contribution >= 4 is 6.09 Å². The molecular weight excluding hydrogens is 474 g/mol. The van der Waals surface area contributed by atoms with E-state index in [1.54, 1.807) is 0 Å². The Hall–Kier alpha value is -2.44. The predicted molar refractivity (Wildman–Crippen MR) is 152 cm³/mol. The number of aryl methyl sites for hydroxylation is 1. The lowest BCUT2D eigenvalue weighted by Crippen LogP contribution is -2.63. The van der Waals surface area contributed by atoms with Gasteiger partial charge >= 0.3 is 6.09 Å². The topological polar surface area (TPSA) is 65.9 Å². The average Bonchev–Trinajstić information content (AvgIpc) is 2.85. The molecule has 1 N–H and O–H groups in total. The largest absolute Gasteiger partial charge is 0.444 e. The normalized spacial score (nSPS) is 20.2. The van der Waals surface area contributed by atoms with Crippen LogP contribution in [0.25, 0.3) is 0 Å². The van der Waals surface area contributed by atoms with E-state index in [0.29, 0.717) is 11.8 Å². The summed E-state index contributed by atoms with van der Waals surface area (Å²) in [6.07, 6.45) is 7.53. The van der Waals surface area contributed by atoms with E-state index in [-0.39, 0.29) is 11.5 Å². The summed E-state index contributed by atoms with van der Waals surface area (Å²) in [4.78, 5) is 21.1. The molecular formula is C32H47N3O3. The number of carbonyl (C=O) groups is 1. The minimum atomic E-state index is -1.11. The summed E-state index contributed by atoms with van der Waals surface area (Å²) in [5, 5.41) is 12.5. The first-order chi connectivity index (χ1) is 17.8. The minimum absolute atomic E-state index is 0.205. The van der Waals surface area contributed by atoms with Gasteiger partial charge in [0.1, 0.15) is 11.2 Å². The molecule has 1 aromatic heterocycles. The van der Waals surface area contributed by atoms with Gasteiger partial charge in [0, 0.05) is 49.6 Å². The van der Waals surface area contributed by atoms with Gasteiger partial charge in [-0.1, -0.05) is 45.0 Å². The molecule has 0 saturated carbocycles. The second-order valence-electron chi connectivity index (χ2n) is 13.3. The van der Waals surface area contributed by atoms with Crippen molar-refractivity contribution in [2.24, 2.45) is 11.3 Å². The molecule has 0 spiro atoms. The molecule has 2 fully saturated rings. The van der Waals surface area contributed by atoms with Crippen LogP contribution in [0.4, 0.5) is 4.79 Å². The highest BCUT2D eigenvalue weighted by atomic mass is 16.6. The first-order valence-corrected chi connectivity index (χ1v) is 14.2. The molecule has 38 heavy (non-hydrogen) atoms. The average molecular weight is 522 g/mol. The SMILES string of the molecule is CC(C)c1ccc(C(O)(c2cncc(CCC3CCN(C(=O)OC(C)(C)C)CC3)c2)C2(C)CN(C)C2)cc1. The molecule has 1 atom stereocenters. The van der Waals surface area contributed by atoms with Gasteiger partial charge in [-0.05, 0) is 88.1 Å². The number of aromatic nitrogens is 1. The molecule has 0 bridgehead atoms. The standard InChI is InChI=1S/C32H47N3O3/c1-23(2)26-10-12-27(13-11-26)32(37,31(6)21-34(7)22-31)28-18-25(19-33-20-28)9-8-24-14-16-35(17-15-24)29(36)38-30(3,4)5/h10-13,18-20,23-24,37H,8-9,14-17,21-22H2,1-7H3. The lowest BCUT2D eigenvalue weighted by molar-refractivity contribution is -0.127. The smallest absolute Gasteiger partial charge is 0.410 e. The lowest BCUT2D eigenvalue weighted by Gasteiger charge is -2.56. The number of rotatable bonds is 7. The number of benzene rings is 1. The van der Waals surface area contributed by atoms with Gasteiger partial charge in [-0.2, -0.15) is 0 Å². The summed E-state index contributed by atoms with van der Waals surface area (Å²) in [6, 6.07) is 10.7. The Morgan fingerprint density at radius 3 is 2.29 bits per heavy atom. The van der Waals surface area contributed by atoms with Crippen LogP contribution < -0.4 is 0 Å². The molecule has 0 radical (unpaired) electrons. The van der Waals surface area contributed by atoms with Crippen LogP contribution in [0.3, 0.4) is 0 Å². The van der Waals surface area contributed by atoms with Gasteiger partial charge in [-0.15, -0.1) is 0 Å². The van der Waals surface area contributed by atoms with Crippen LogP contribution in [0.5, 0.6) is 0 Å². The molecule has 2 aromatic rings. The molecule has 1 unspecified atom stereocenters. The number of piperidine rings is 1. The van der Waals surface area contributed by atoms with E-state index >= 15 is 0 Å². The zero-order valence-corrected chi connectivity index (χ0v) is 24.5. The van der Waals surface area contributed by atoms with Crippen molar-refractivity contribution in [1.82, 2.24) is 14.8 Å². The molecule has 2 aliphatic heterocycles. The Balaban J connectivity index is 1.46. The van der Waals surface area contributed by atoms with Crippen LogP contribution in [0, 0.1) is 11.3 Å². The van der Waals surface area contributed by atoms with E-state index in [1.807, 2.05) is 38.1 Å². The van der Waals surface area contributed by atoms with E-state index in [1.165, 1.54) is 5.56 Å². The monoisotopic (exact) mass is 521 g/mol. The predicted octanol–water partition coefficient (Wildman–Crippen LogP) is 5.97. The van der Waals surface area contributed by atoms with Crippen molar-refractivity contribution in [3.05, 3.63) is 65.0 Å². The van der Waals surface area contributed by atoms with Crippen molar-refractivity contribution in [1.29, 1.82) is 0 Å². The third kappa shape index (κ3) is 6.07. The number of aliphatic hydroxyl groups is 1. The zero-order chi connectivity index (χ0) is 27.7. The summed E-state index contributed by atoms with van der Waals surface area (Å²) in [5.74, 6) is 1.01. The summed E-state index contributed by atoms with van der Waals surface area (Å²) >= 11 is 0. The molecule has 2 aliphatic rings. The Morgan fingerprint density at radius 1 is 1.11 bits per heavy atom. The van der Waals surface area contributed by atoms with E-state index < -0.39 is 11.2 Å². The number of nitrogens with zero attached hydrogens (tertiary/aromatic N) is 3. The molecule has 6 heteroatoms. The highest BCUT2D eigenvalue weighted by Gasteiger charge is 2.55. The first kappa shape index (κ1) is 28.6. The van der Waals surface area contributed by atoms with Crippen LogP contribution in [0.2, 0.25) is 0 Å². The van der Waals surface area contributed by atoms with E-state index in [0.717, 1.165) is 68.6 Å². The summed E-state index contributed by atoms with van der Waals surface area (Å²) in [5.41, 5.74) is 2.37. The van der Waals surface area contributed by atoms with Crippen molar-refractivity contribution < 1.29 is 14.6 Å². The fourth-order valence-electron chi connectivity index (χ4n) is 6.27. The molecule has 6 nitrogen and oxygen atoms in total. The zero-order valence-electron chi connectivity index (χ0n) is 24.5. The van der Waals surface area contributed by atoms with E-state index in [2.05, 4.69) is 68.0 Å². The molecule has 1 amide bonds. The second-order valence-corrected chi connectivity index (χ2v) is 13.3. The van der Waals surface area contributed by atoms with Gasteiger partial charge in [-0.3, -0.25) is 4.98 Å². The molecule has 4 rings (SSSR count). The summed E-state index contributed by atoms with van der Waals surface area (Å²) in [7, 11) is 2.10. The lowest BCUT2D eigenvalue weighted by atomic mass is 9.62. The van der Waals surface area contributed by atoms with Crippen molar-refractivity contribution in [3.63, 3.8) is 0 Å². The quantitative estimate of drug-likeness (QED) is 0.486. The van der Waals surface area contributed by atoms with Gasteiger partial charge in [0.25, 0.3) is 0 Å². The van der Waals surface area contributed by atoms with Gasteiger partial charge in [0.05, 0.1) is 0 Å². The fraction of sp³-hybridized carbons (Fsp3) is 0.625. The second kappa shape index (κ2) is 11.0.